The highest BCUT2D eigenvalue weighted by Gasteiger charge is 2.35. The maximum absolute atomic E-state index is 12.3. The number of hydrogen-bond donors (Lipinski definition) is 1. The topological polar surface area (TPSA) is 75.7 Å². The maximum Gasteiger partial charge on any atom is 0.376 e. The molecule has 0 aromatic heterocycles. The second kappa shape index (κ2) is 7.99. The molecule has 1 aliphatic carbocycles. The minimum atomic E-state index is -0.520. The second-order valence-corrected chi connectivity index (χ2v) is 4.91. The fourth-order valence-corrected chi connectivity index (χ4v) is 2.31. The third-order valence-corrected chi connectivity index (χ3v) is 3.35. The molecule has 0 spiro atoms. The van der Waals surface area contributed by atoms with Gasteiger partial charge in [0.15, 0.2) is 5.76 Å². The summed E-state index contributed by atoms with van der Waals surface area (Å²) in [6, 6.07) is 8.40. The smallest absolute Gasteiger partial charge is 0.376 e. The van der Waals surface area contributed by atoms with Gasteiger partial charge in [-0.3, -0.25) is 4.79 Å². The van der Waals surface area contributed by atoms with Gasteiger partial charge in [0.2, 0.25) is 5.39 Å². The first-order valence-electron chi connectivity index (χ1n) is 7.60. The number of carbonyl (C=O) groups is 1. The van der Waals surface area contributed by atoms with Crippen molar-refractivity contribution in [1.29, 1.82) is 5.39 Å². The van der Waals surface area contributed by atoms with Crippen molar-refractivity contribution >= 4 is 5.91 Å². The summed E-state index contributed by atoms with van der Waals surface area (Å²) >= 11 is 0. The fourth-order valence-electron chi connectivity index (χ4n) is 2.31. The van der Waals surface area contributed by atoms with Gasteiger partial charge in [0.05, 0.1) is 25.3 Å². The van der Waals surface area contributed by atoms with Gasteiger partial charge in [0.25, 0.3) is 5.91 Å². The van der Waals surface area contributed by atoms with Gasteiger partial charge in [-0.05, 0) is 26.0 Å². The van der Waals surface area contributed by atoms with Crippen LogP contribution in [-0.4, -0.2) is 25.2 Å². The van der Waals surface area contributed by atoms with Crippen LogP contribution in [0.1, 0.15) is 30.6 Å². The molecule has 1 atom stereocenters. The summed E-state index contributed by atoms with van der Waals surface area (Å²) in [4.78, 5) is 15.7. The first-order chi connectivity index (χ1) is 11.2. The lowest BCUT2D eigenvalue weighted by Crippen LogP contribution is -2.28. The zero-order valence-electron chi connectivity index (χ0n) is 13.3. The minimum absolute atomic E-state index is 0.232. The normalized spacial score (nSPS) is 17.1. The van der Waals surface area contributed by atoms with E-state index in [2.05, 4.69) is 10.3 Å². The molecule has 0 saturated heterocycles. The Labute approximate surface area is 135 Å². The number of nitrogens with zero attached hydrogens (tertiary/aromatic N) is 2. The monoisotopic (exact) mass is 314 g/mol. The number of rotatable bonds is 6. The summed E-state index contributed by atoms with van der Waals surface area (Å²) in [7, 11) is 0. The van der Waals surface area contributed by atoms with Crippen LogP contribution in [-0.2, 0) is 9.47 Å². The predicted molar refractivity (Wildman–Crippen MR) is 85.8 cm³/mol. The van der Waals surface area contributed by atoms with Gasteiger partial charge in [-0.1, -0.05) is 18.2 Å². The van der Waals surface area contributed by atoms with Crippen molar-refractivity contribution in [3.05, 3.63) is 64.2 Å². The molecule has 6 nitrogen and oxygen atoms in total. The zero-order chi connectivity index (χ0) is 16.7. The number of allylic oxidation sites excluding steroid dienone is 1. The Kier molecular flexibility index (Phi) is 5.75. The van der Waals surface area contributed by atoms with Gasteiger partial charge in [0, 0.05) is 11.6 Å². The van der Waals surface area contributed by atoms with Crippen LogP contribution in [0.15, 0.2) is 53.6 Å². The highest BCUT2D eigenvalue weighted by molar-refractivity contribution is 5.95. The van der Waals surface area contributed by atoms with Crippen LogP contribution in [0.25, 0.3) is 4.98 Å². The summed E-state index contributed by atoms with van der Waals surface area (Å²) in [5, 5.41) is 12.0. The SMILES string of the molecule is CCOC1=CC(NC(=O)c2ccccc2)=C(OCC)CC1[N+]#N. The van der Waals surface area contributed by atoms with Crippen molar-refractivity contribution in [3.63, 3.8) is 0 Å². The number of diazo groups is 1. The Morgan fingerprint density at radius 2 is 1.96 bits per heavy atom. The van der Waals surface area contributed by atoms with Crippen LogP contribution in [0, 0.1) is 5.39 Å². The molecule has 0 heterocycles. The van der Waals surface area contributed by atoms with Crippen molar-refractivity contribution in [2.24, 2.45) is 0 Å². The van der Waals surface area contributed by atoms with E-state index in [0.717, 1.165) is 0 Å². The molecule has 23 heavy (non-hydrogen) atoms. The second-order valence-electron chi connectivity index (χ2n) is 4.91. The van der Waals surface area contributed by atoms with Gasteiger partial charge < -0.3 is 14.8 Å². The predicted octanol–water partition coefficient (Wildman–Crippen LogP) is 3.21. The number of nitrogens with one attached hydrogen (secondary N) is 1. The molecule has 1 aliphatic rings. The number of hydrogen-bond acceptors (Lipinski definition) is 4. The van der Waals surface area contributed by atoms with E-state index < -0.39 is 6.04 Å². The molecule has 1 N–H and O–H groups in total. The molecule has 1 unspecified atom stereocenters. The minimum Gasteiger partial charge on any atom is -0.496 e. The van der Waals surface area contributed by atoms with E-state index in [4.69, 9.17) is 14.9 Å². The van der Waals surface area contributed by atoms with Crippen molar-refractivity contribution in [1.82, 2.24) is 5.32 Å². The number of amides is 1. The van der Waals surface area contributed by atoms with E-state index in [-0.39, 0.29) is 5.91 Å². The molecule has 0 aliphatic heterocycles. The molecule has 1 aromatic carbocycles. The van der Waals surface area contributed by atoms with Gasteiger partial charge in [-0.25, -0.2) is 0 Å². The molecule has 1 amide bonds. The third-order valence-electron chi connectivity index (χ3n) is 3.35. The molecule has 0 bridgehead atoms. The van der Waals surface area contributed by atoms with E-state index in [1.165, 1.54) is 0 Å². The molecule has 120 valence electrons. The van der Waals surface area contributed by atoms with Crippen molar-refractivity contribution < 1.29 is 14.3 Å². The summed E-state index contributed by atoms with van der Waals surface area (Å²) in [5.74, 6) is 0.842. The Morgan fingerprint density at radius 3 is 2.57 bits per heavy atom. The van der Waals surface area contributed by atoms with E-state index >= 15 is 0 Å². The highest BCUT2D eigenvalue weighted by Crippen LogP contribution is 2.27. The third kappa shape index (κ3) is 4.10. The van der Waals surface area contributed by atoms with Gasteiger partial charge in [-0.2, -0.15) is 0 Å². The van der Waals surface area contributed by atoms with Crippen molar-refractivity contribution in [2.45, 2.75) is 26.3 Å². The average molecular weight is 314 g/mol. The lowest BCUT2D eigenvalue weighted by molar-refractivity contribution is 0.0961. The van der Waals surface area contributed by atoms with Gasteiger partial charge >= 0.3 is 6.04 Å². The maximum atomic E-state index is 12.3. The van der Waals surface area contributed by atoms with Crippen LogP contribution in [0.2, 0.25) is 0 Å². The summed E-state index contributed by atoms with van der Waals surface area (Å²) < 4.78 is 11.1. The van der Waals surface area contributed by atoms with Crippen molar-refractivity contribution in [3.8, 4) is 0 Å². The first kappa shape index (κ1) is 16.6. The highest BCUT2D eigenvalue weighted by atomic mass is 16.5. The molecule has 2 rings (SSSR count). The van der Waals surface area contributed by atoms with Crippen molar-refractivity contribution in [2.75, 3.05) is 13.2 Å². The van der Waals surface area contributed by atoms with Crippen LogP contribution in [0.5, 0.6) is 0 Å². The fraction of sp³-hybridized carbons (Fsp3) is 0.353. The molecule has 6 heteroatoms. The average Bonchev–Trinajstić information content (AvgIpc) is 2.58. The van der Waals surface area contributed by atoms with E-state index in [1.807, 2.05) is 19.9 Å². The first-order valence-corrected chi connectivity index (χ1v) is 7.60. The van der Waals surface area contributed by atoms with Gasteiger partial charge in [0.1, 0.15) is 10.7 Å². The van der Waals surface area contributed by atoms with Gasteiger partial charge in [-0.15, -0.1) is 0 Å². The number of benzene rings is 1. The molecular weight excluding hydrogens is 294 g/mol. The molecular formula is C17H20N3O3+. The zero-order valence-corrected chi connectivity index (χ0v) is 13.3. The number of carbonyl (C=O) groups excluding carboxylic acids is 1. The Morgan fingerprint density at radius 1 is 1.26 bits per heavy atom. The van der Waals surface area contributed by atoms with E-state index in [9.17, 15) is 4.79 Å². The quantitative estimate of drug-likeness (QED) is 0.818. The molecule has 0 saturated carbocycles. The van der Waals surface area contributed by atoms with E-state index in [0.29, 0.717) is 42.4 Å². The number of ether oxygens (including phenoxy) is 2. The van der Waals surface area contributed by atoms with E-state index in [1.54, 1.807) is 30.3 Å². The molecule has 0 radical (unpaired) electrons. The molecule has 0 fully saturated rings. The van der Waals surface area contributed by atoms with Crippen LogP contribution < -0.4 is 5.32 Å². The standard InChI is InChI=1S/C17H19N3O3/c1-3-22-15-11-14(20-18)16(23-4-2)10-13(15)19-17(21)12-8-6-5-7-9-12/h5-10,14H,3-4,11H2,1-2H3/p+1. The summed E-state index contributed by atoms with van der Waals surface area (Å²) in [6.07, 6.45) is 1.99. The van der Waals surface area contributed by atoms with Crippen LogP contribution in [0.4, 0.5) is 0 Å². The largest absolute Gasteiger partial charge is 0.496 e. The Bertz CT molecular complexity index is 659. The van der Waals surface area contributed by atoms with Crippen LogP contribution in [0.3, 0.4) is 0 Å². The van der Waals surface area contributed by atoms with Crippen LogP contribution >= 0.6 is 0 Å². The lowest BCUT2D eigenvalue weighted by Gasteiger charge is -2.19. The Hall–Kier alpha value is -2.81. The lowest BCUT2D eigenvalue weighted by atomic mass is 10.0. The Balaban J connectivity index is 2.27. The summed E-state index contributed by atoms with van der Waals surface area (Å²) in [6.45, 7) is 4.60. The summed E-state index contributed by atoms with van der Waals surface area (Å²) in [5.41, 5.74) is 1.08. The molecule has 1 aromatic rings.